The highest BCUT2D eigenvalue weighted by molar-refractivity contribution is 6.21. The predicted octanol–water partition coefficient (Wildman–Crippen LogP) is 4.81. The Hall–Kier alpha value is -3.13. The van der Waals surface area contributed by atoms with Gasteiger partial charge in [0.2, 0.25) is 5.91 Å². The highest BCUT2D eigenvalue weighted by Crippen LogP contribution is 2.44. The SMILES string of the molecule is CC(C)(C)OC(=O)N1C(=O)[C@@](C)(CC#Cc2ccccc2F)c2ccccc21. The molecule has 0 bridgehead atoms. The minimum Gasteiger partial charge on any atom is -0.443 e. The maximum atomic E-state index is 13.8. The van der Waals surface area contributed by atoms with Crippen molar-refractivity contribution in [3.8, 4) is 11.8 Å². The molecule has 0 N–H and O–H groups in total. The van der Waals surface area contributed by atoms with E-state index in [2.05, 4.69) is 11.8 Å². The average Bonchev–Trinajstić information content (AvgIpc) is 2.83. The Morgan fingerprint density at radius 1 is 1.14 bits per heavy atom. The van der Waals surface area contributed by atoms with E-state index >= 15 is 0 Å². The smallest absolute Gasteiger partial charge is 0.421 e. The molecule has 144 valence electrons. The number of nitrogens with zero attached hydrogens (tertiary/aromatic N) is 1. The third kappa shape index (κ3) is 3.63. The van der Waals surface area contributed by atoms with Gasteiger partial charge >= 0.3 is 6.09 Å². The van der Waals surface area contributed by atoms with Crippen LogP contribution in [-0.4, -0.2) is 17.6 Å². The van der Waals surface area contributed by atoms with E-state index in [1.807, 2.05) is 12.1 Å². The summed E-state index contributed by atoms with van der Waals surface area (Å²) in [6, 6.07) is 13.3. The van der Waals surface area contributed by atoms with Gasteiger partial charge in [0, 0.05) is 6.42 Å². The normalized spacial score (nSPS) is 18.3. The number of ether oxygens (including phenoxy) is 1. The van der Waals surface area contributed by atoms with Gasteiger partial charge in [0.15, 0.2) is 0 Å². The molecule has 5 heteroatoms. The molecule has 0 aliphatic carbocycles. The maximum absolute atomic E-state index is 13.8. The van der Waals surface area contributed by atoms with Gasteiger partial charge in [0.25, 0.3) is 0 Å². The first-order valence-electron chi connectivity index (χ1n) is 9.04. The molecule has 1 atom stereocenters. The molecular weight excluding hydrogens is 357 g/mol. The Morgan fingerprint density at radius 2 is 1.79 bits per heavy atom. The van der Waals surface area contributed by atoms with Crippen molar-refractivity contribution < 1.29 is 18.7 Å². The Labute approximate surface area is 164 Å². The Balaban J connectivity index is 1.95. The Bertz CT molecular complexity index is 997. The average molecular weight is 379 g/mol. The van der Waals surface area contributed by atoms with Gasteiger partial charge in [0.05, 0.1) is 16.7 Å². The van der Waals surface area contributed by atoms with Crippen LogP contribution in [0, 0.1) is 17.7 Å². The molecule has 2 amide bonds. The summed E-state index contributed by atoms with van der Waals surface area (Å²) in [5, 5.41) is 0. The van der Waals surface area contributed by atoms with Crippen molar-refractivity contribution in [1.82, 2.24) is 0 Å². The predicted molar refractivity (Wildman–Crippen MR) is 105 cm³/mol. The van der Waals surface area contributed by atoms with Gasteiger partial charge in [-0.15, -0.1) is 0 Å². The van der Waals surface area contributed by atoms with Gasteiger partial charge < -0.3 is 4.74 Å². The number of carbonyl (C=O) groups is 2. The largest absolute Gasteiger partial charge is 0.443 e. The van der Waals surface area contributed by atoms with E-state index in [-0.39, 0.29) is 12.0 Å². The van der Waals surface area contributed by atoms with Crippen LogP contribution in [0.5, 0.6) is 0 Å². The summed E-state index contributed by atoms with van der Waals surface area (Å²) in [5.41, 5.74) is -0.277. The molecule has 0 fully saturated rings. The van der Waals surface area contributed by atoms with Crippen LogP contribution >= 0.6 is 0 Å². The van der Waals surface area contributed by atoms with Crippen LogP contribution < -0.4 is 4.90 Å². The summed E-state index contributed by atoms with van der Waals surface area (Å²) in [6.07, 6.45) is -0.563. The molecule has 3 rings (SSSR count). The number of anilines is 1. The molecule has 1 heterocycles. The van der Waals surface area contributed by atoms with Gasteiger partial charge in [0.1, 0.15) is 11.4 Å². The van der Waals surface area contributed by atoms with E-state index in [1.54, 1.807) is 58.0 Å². The molecule has 2 aromatic carbocycles. The van der Waals surface area contributed by atoms with Crippen LogP contribution in [0.25, 0.3) is 0 Å². The van der Waals surface area contributed by atoms with Gasteiger partial charge in [-0.2, -0.15) is 0 Å². The number of halogens is 1. The quantitative estimate of drug-likeness (QED) is 0.668. The van der Waals surface area contributed by atoms with Crippen LogP contribution in [-0.2, 0) is 14.9 Å². The highest BCUT2D eigenvalue weighted by atomic mass is 19.1. The van der Waals surface area contributed by atoms with Crippen LogP contribution in [0.4, 0.5) is 14.9 Å². The van der Waals surface area contributed by atoms with Gasteiger partial charge in [-0.3, -0.25) is 4.79 Å². The van der Waals surface area contributed by atoms with Gasteiger partial charge in [-0.25, -0.2) is 14.1 Å². The second kappa shape index (κ2) is 7.12. The van der Waals surface area contributed by atoms with E-state index in [1.165, 1.54) is 6.07 Å². The fourth-order valence-corrected chi connectivity index (χ4v) is 3.15. The molecule has 2 aromatic rings. The number of imide groups is 1. The number of carbonyl (C=O) groups excluding carboxylic acids is 2. The summed E-state index contributed by atoms with van der Waals surface area (Å²) >= 11 is 0. The van der Waals surface area contributed by atoms with Crippen molar-refractivity contribution in [2.24, 2.45) is 0 Å². The van der Waals surface area contributed by atoms with Crippen molar-refractivity contribution in [2.75, 3.05) is 4.90 Å². The molecule has 1 aliphatic heterocycles. The van der Waals surface area contributed by atoms with E-state index in [9.17, 15) is 14.0 Å². The fraction of sp³-hybridized carbons (Fsp3) is 0.304. The van der Waals surface area contributed by atoms with Crippen molar-refractivity contribution in [1.29, 1.82) is 0 Å². The van der Waals surface area contributed by atoms with Crippen molar-refractivity contribution in [2.45, 2.75) is 45.1 Å². The van der Waals surface area contributed by atoms with E-state index in [0.29, 0.717) is 11.3 Å². The summed E-state index contributed by atoms with van der Waals surface area (Å²) < 4.78 is 19.2. The summed E-state index contributed by atoms with van der Waals surface area (Å²) in [5.74, 6) is 4.90. The third-order valence-corrected chi connectivity index (χ3v) is 4.53. The molecule has 0 radical (unpaired) electrons. The van der Waals surface area contributed by atoms with Crippen molar-refractivity contribution in [3.63, 3.8) is 0 Å². The first-order valence-corrected chi connectivity index (χ1v) is 9.04. The number of hydrogen-bond donors (Lipinski definition) is 0. The highest BCUT2D eigenvalue weighted by Gasteiger charge is 2.50. The minimum absolute atomic E-state index is 0.149. The number of hydrogen-bond acceptors (Lipinski definition) is 3. The lowest BCUT2D eigenvalue weighted by molar-refractivity contribution is -0.122. The van der Waals surface area contributed by atoms with Crippen LogP contribution in [0.2, 0.25) is 0 Å². The van der Waals surface area contributed by atoms with E-state index in [4.69, 9.17) is 4.74 Å². The zero-order chi connectivity index (χ0) is 20.5. The monoisotopic (exact) mass is 379 g/mol. The molecular formula is C23H22FNO3. The third-order valence-electron chi connectivity index (χ3n) is 4.53. The Kier molecular flexibility index (Phi) is 4.99. The molecule has 0 saturated heterocycles. The van der Waals surface area contributed by atoms with Gasteiger partial charge in [-0.05, 0) is 51.5 Å². The Morgan fingerprint density at radius 3 is 2.46 bits per heavy atom. The first kappa shape index (κ1) is 19.6. The maximum Gasteiger partial charge on any atom is 0.421 e. The summed E-state index contributed by atoms with van der Waals surface area (Å²) in [6.45, 7) is 6.98. The van der Waals surface area contributed by atoms with Gasteiger partial charge in [-0.1, -0.05) is 42.2 Å². The number of fused-ring (bicyclic) bond motifs is 1. The molecule has 0 spiro atoms. The lowest BCUT2D eigenvalue weighted by Gasteiger charge is -2.25. The van der Waals surface area contributed by atoms with Crippen molar-refractivity contribution >= 4 is 17.7 Å². The molecule has 1 aliphatic rings. The molecule has 0 unspecified atom stereocenters. The standard InChI is InChI=1S/C23H22FNO3/c1-22(2,3)28-21(27)25-19-14-8-6-12-17(19)23(4,20(25)26)15-9-11-16-10-5-7-13-18(16)24/h5-8,10,12-14H,15H2,1-4H3/t23-/m0/s1. The lowest BCUT2D eigenvalue weighted by Crippen LogP contribution is -2.44. The summed E-state index contributed by atoms with van der Waals surface area (Å²) in [7, 11) is 0. The molecule has 4 nitrogen and oxygen atoms in total. The summed E-state index contributed by atoms with van der Waals surface area (Å²) in [4.78, 5) is 26.9. The topological polar surface area (TPSA) is 46.6 Å². The van der Waals surface area contributed by atoms with Crippen LogP contribution in [0.15, 0.2) is 48.5 Å². The zero-order valence-electron chi connectivity index (χ0n) is 16.4. The minimum atomic E-state index is -1.02. The second-order valence-corrected chi connectivity index (χ2v) is 7.93. The number of para-hydroxylation sites is 1. The first-order chi connectivity index (χ1) is 13.1. The van der Waals surface area contributed by atoms with Crippen LogP contribution in [0.1, 0.15) is 45.2 Å². The van der Waals surface area contributed by atoms with E-state index in [0.717, 1.165) is 4.90 Å². The molecule has 28 heavy (non-hydrogen) atoms. The molecule has 0 aromatic heterocycles. The fourth-order valence-electron chi connectivity index (χ4n) is 3.15. The van der Waals surface area contributed by atoms with Crippen molar-refractivity contribution in [3.05, 3.63) is 65.5 Å². The zero-order valence-corrected chi connectivity index (χ0v) is 16.4. The number of rotatable bonds is 1. The number of amides is 2. The second-order valence-electron chi connectivity index (χ2n) is 7.93. The lowest BCUT2D eigenvalue weighted by atomic mass is 9.81. The number of benzene rings is 2. The van der Waals surface area contributed by atoms with Crippen LogP contribution in [0.3, 0.4) is 0 Å². The van der Waals surface area contributed by atoms with E-state index < -0.39 is 28.8 Å². The molecule has 0 saturated carbocycles.